The molecule has 27 heavy (non-hydrogen) atoms. The summed E-state index contributed by atoms with van der Waals surface area (Å²) in [7, 11) is 0. The van der Waals surface area contributed by atoms with E-state index in [1.54, 1.807) is 22.8 Å². The summed E-state index contributed by atoms with van der Waals surface area (Å²) in [6.07, 6.45) is 2.70. The summed E-state index contributed by atoms with van der Waals surface area (Å²) in [5, 5.41) is 5.60. The van der Waals surface area contributed by atoms with Crippen molar-refractivity contribution in [3.63, 3.8) is 0 Å². The number of hydrogen-bond donors (Lipinski definition) is 0. The fraction of sp³-hybridized carbons (Fsp3) is 0.444. The molecular weight excluding hydrogens is 388 g/mol. The summed E-state index contributed by atoms with van der Waals surface area (Å²) in [4.78, 5) is 22.1. The molecule has 3 heterocycles. The van der Waals surface area contributed by atoms with Gasteiger partial charge in [-0.3, -0.25) is 9.36 Å². The van der Waals surface area contributed by atoms with Crippen molar-refractivity contribution in [2.45, 2.75) is 49.7 Å². The van der Waals surface area contributed by atoms with E-state index in [4.69, 9.17) is 20.9 Å². The van der Waals surface area contributed by atoms with Crippen LogP contribution in [0, 0.1) is 0 Å². The van der Waals surface area contributed by atoms with Gasteiger partial charge in [-0.25, -0.2) is 4.98 Å². The Hall–Kier alpha value is -1.90. The smallest absolute Gasteiger partial charge is 0.262 e. The third kappa shape index (κ3) is 4.02. The number of nitrogens with zero attached hydrogens (tertiary/aromatic N) is 4. The van der Waals surface area contributed by atoms with Crippen molar-refractivity contribution >= 4 is 34.3 Å². The standard InChI is InChI=1S/C18H19ClN4O3S/c1-2-15-21-16(26-22-15)10-27-18-20-14-8-11(19)5-6-13(14)17(24)23(18)9-12-4-3-7-25-12/h5-6,8,12H,2-4,7,9-10H2,1H3. The molecule has 4 rings (SSSR count). The van der Waals surface area contributed by atoms with Gasteiger partial charge in [-0.05, 0) is 31.0 Å². The zero-order valence-electron chi connectivity index (χ0n) is 14.9. The van der Waals surface area contributed by atoms with Gasteiger partial charge in [0.15, 0.2) is 11.0 Å². The highest BCUT2D eigenvalue weighted by atomic mass is 35.5. The predicted octanol–water partition coefficient (Wildman–Crippen LogP) is 3.47. The van der Waals surface area contributed by atoms with Gasteiger partial charge >= 0.3 is 0 Å². The number of ether oxygens (including phenoxy) is 1. The van der Waals surface area contributed by atoms with E-state index in [0.717, 1.165) is 19.4 Å². The van der Waals surface area contributed by atoms with Crippen LogP contribution < -0.4 is 5.56 Å². The van der Waals surface area contributed by atoms with E-state index in [0.29, 0.717) is 51.5 Å². The Morgan fingerprint density at radius 3 is 3.00 bits per heavy atom. The van der Waals surface area contributed by atoms with Gasteiger partial charge in [0, 0.05) is 18.1 Å². The number of aromatic nitrogens is 4. The third-order valence-electron chi connectivity index (χ3n) is 4.44. The normalized spacial score (nSPS) is 17.0. The van der Waals surface area contributed by atoms with Crippen molar-refractivity contribution in [3.05, 3.63) is 45.3 Å². The lowest BCUT2D eigenvalue weighted by Crippen LogP contribution is -2.28. The maximum atomic E-state index is 13.1. The van der Waals surface area contributed by atoms with Gasteiger partial charge in [0.1, 0.15) is 0 Å². The zero-order chi connectivity index (χ0) is 18.8. The van der Waals surface area contributed by atoms with E-state index in [9.17, 15) is 4.79 Å². The van der Waals surface area contributed by atoms with Crippen LogP contribution in [0.4, 0.5) is 0 Å². The highest BCUT2D eigenvalue weighted by Gasteiger charge is 2.21. The molecule has 0 bridgehead atoms. The quantitative estimate of drug-likeness (QED) is 0.457. The molecule has 1 saturated heterocycles. The van der Waals surface area contributed by atoms with Gasteiger partial charge in [-0.1, -0.05) is 35.4 Å². The number of hydrogen-bond acceptors (Lipinski definition) is 7. The van der Waals surface area contributed by atoms with E-state index in [1.165, 1.54) is 11.8 Å². The molecule has 1 aromatic carbocycles. The first kappa shape index (κ1) is 18.5. The number of fused-ring (bicyclic) bond motifs is 1. The minimum Gasteiger partial charge on any atom is -0.376 e. The van der Waals surface area contributed by atoms with Crippen LogP contribution in [-0.2, 0) is 23.5 Å². The Bertz CT molecular complexity index is 1010. The summed E-state index contributed by atoms with van der Waals surface area (Å²) < 4.78 is 12.7. The second kappa shape index (κ2) is 8.00. The molecular formula is C18H19ClN4O3S. The second-order valence-corrected chi connectivity index (χ2v) is 7.73. The van der Waals surface area contributed by atoms with Gasteiger partial charge in [0.25, 0.3) is 5.56 Å². The number of benzene rings is 1. The molecule has 0 amide bonds. The van der Waals surface area contributed by atoms with Crippen molar-refractivity contribution in [2.75, 3.05) is 6.61 Å². The van der Waals surface area contributed by atoms with E-state index < -0.39 is 0 Å². The Kier molecular flexibility index (Phi) is 5.47. The Labute approximate surface area is 165 Å². The summed E-state index contributed by atoms with van der Waals surface area (Å²) in [5.74, 6) is 1.62. The van der Waals surface area contributed by atoms with Crippen molar-refractivity contribution in [1.29, 1.82) is 0 Å². The van der Waals surface area contributed by atoms with Crippen LogP contribution in [0.2, 0.25) is 5.02 Å². The Balaban J connectivity index is 1.69. The number of halogens is 1. The van der Waals surface area contributed by atoms with Gasteiger partial charge in [-0.2, -0.15) is 4.98 Å². The lowest BCUT2D eigenvalue weighted by molar-refractivity contribution is 0.0937. The van der Waals surface area contributed by atoms with Crippen molar-refractivity contribution < 1.29 is 9.26 Å². The molecule has 7 nitrogen and oxygen atoms in total. The first-order valence-electron chi connectivity index (χ1n) is 8.90. The number of rotatable bonds is 6. The molecule has 1 unspecified atom stereocenters. The number of thioether (sulfide) groups is 1. The highest BCUT2D eigenvalue weighted by molar-refractivity contribution is 7.98. The molecule has 0 aliphatic carbocycles. The molecule has 1 fully saturated rings. The molecule has 142 valence electrons. The Morgan fingerprint density at radius 2 is 2.26 bits per heavy atom. The van der Waals surface area contributed by atoms with E-state index in [1.807, 2.05) is 6.92 Å². The first-order valence-corrected chi connectivity index (χ1v) is 10.3. The molecule has 0 radical (unpaired) electrons. The van der Waals surface area contributed by atoms with E-state index >= 15 is 0 Å². The lowest BCUT2D eigenvalue weighted by Gasteiger charge is -2.16. The molecule has 1 aliphatic heterocycles. The van der Waals surface area contributed by atoms with Gasteiger partial charge < -0.3 is 9.26 Å². The average molecular weight is 407 g/mol. The van der Waals surface area contributed by atoms with Crippen molar-refractivity contribution in [1.82, 2.24) is 19.7 Å². The molecule has 0 N–H and O–H groups in total. The predicted molar refractivity (Wildman–Crippen MR) is 103 cm³/mol. The zero-order valence-corrected chi connectivity index (χ0v) is 16.4. The minimum absolute atomic E-state index is 0.0312. The van der Waals surface area contributed by atoms with Crippen LogP contribution in [0.25, 0.3) is 10.9 Å². The maximum Gasteiger partial charge on any atom is 0.262 e. The molecule has 0 saturated carbocycles. The van der Waals surface area contributed by atoms with Crippen LogP contribution in [-0.4, -0.2) is 32.4 Å². The summed E-state index contributed by atoms with van der Waals surface area (Å²) in [6.45, 7) is 3.19. The fourth-order valence-corrected chi connectivity index (χ4v) is 4.07. The van der Waals surface area contributed by atoms with Crippen LogP contribution in [0.5, 0.6) is 0 Å². The monoisotopic (exact) mass is 406 g/mol. The van der Waals surface area contributed by atoms with Gasteiger partial charge in [0.05, 0.1) is 29.3 Å². The van der Waals surface area contributed by atoms with Crippen LogP contribution >= 0.6 is 23.4 Å². The van der Waals surface area contributed by atoms with Crippen molar-refractivity contribution in [2.24, 2.45) is 0 Å². The molecule has 2 aromatic heterocycles. The first-order chi connectivity index (χ1) is 13.1. The Morgan fingerprint density at radius 1 is 1.37 bits per heavy atom. The van der Waals surface area contributed by atoms with Crippen LogP contribution in [0.3, 0.4) is 0 Å². The molecule has 9 heteroatoms. The van der Waals surface area contributed by atoms with Crippen LogP contribution in [0.1, 0.15) is 31.5 Å². The third-order valence-corrected chi connectivity index (χ3v) is 5.64. The molecule has 1 aliphatic rings. The fourth-order valence-electron chi connectivity index (χ4n) is 3.06. The second-order valence-electron chi connectivity index (χ2n) is 6.35. The maximum absolute atomic E-state index is 13.1. The average Bonchev–Trinajstić information content (AvgIpc) is 3.34. The summed E-state index contributed by atoms with van der Waals surface area (Å²) >= 11 is 7.48. The van der Waals surface area contributed by atoms with Crippen LogP contribution in [0.15, 0.2) is 32.7 Å². The highest BCUT2D eigenvalue weighted by Crippen LogP contribution is 2.24. The SMILES string of the molecule is CCc1noc(CSc2nc3cc(Cl)ccc3c(=O)n2CC2CCCO2)n1. The minimum atomic E-state index is -0.0885. The molecule has 1 atom stereocenters. The summed E-state index contributed by atoms with van der Waals surface area (Å²) in [5.41, 5.74) is 0.493. The van der Waals surface area contributed by atoms with E-state index in [2.05, 4.69) is 15.1 Å². The van der Waals surface area contributed by atoms with E-state index in [-0.39, 0.29) is 11.7 Å². The largest absolute Gasteiger partial charge is 0.376 e. The van der Waals surface area contributed by atoms with Crippen molar-refractivity contribution in [3.8, 4) is 0 Å². The molecule has 0 spiro atoms. The van der Waals surface area contributed by atoms with Gasteiger partial charge in [0.2, 0.25) is 5.89 Å². The molecule has 3 aromatic rings. The number of aryl methyl sites for hydroxylation is 1. The topological polar surface area (TPSA) is 83.0 Å². The summed E-state index contributed by atoms with van der Waals surface area (Å²) in [6, 6.07) is 5.14. The lowest BCUT2D eigenvalue weighted by atomic mass is 10.2. The van der Waals surface area contributed by atoms with Gasteiger partial charge in [-0.15, -0.1) is 0 Å².